The zero-order valence-electron chi connectivity index (χ0n) is 19.0. The monoisotopic (exact) mass is 455 g/mol. The van der Waals surface area contributed by atoms with E-state index in [1.54, 1.807) is 43.3 Å². The quantitative estimate of drug-likeness (QED) is 0.639. The fraction of sp³-hybridized carbons (Fsp3) is 0.440. The second kappa shape index (κ2) is 8.68. The Kier molecular flexibility index (Phi) is 6.07. The molecule has 0 saturated heterocycles. The average Bonchev–Trinajstić information content (AvgIpc) is 2.75. The Morgan fingerprint density at radius 1 is 1.21 bits per heavy atom. The highest BCUT2D eigenvalue weighted by atomic mass is 16.7. The van der Waals surface area contributed by atoms with Crippen LogP contribution in [0.4, 0.5) is 4.79 Å². The Labute approximate surface area is 192 Å². The molecule has 1 fully saturated rings. The molecule has 0 aromatic heterocycles. The highest BCUT2D eigenvalue weighted by molar-refractivity contribution is 5.96. The van der Waals surface area contributed by atoms with Gasteiger partial charge in [-0.05, 0) is 48.1 Å². The fourth-order valence-electron chi connectivity index (χ4n) is 4.80. The molecule has 176 valence electrons. The number of nitrogens with one attached hydrogen (secondary N) is 1. The lowest BCUT2D eigenvalue weighted by molar-refractivity contribution is -0.304. The smallest absolute Gasteiger partial charge is 0.407 e. The van der Waals surface area contributed by atoms with Crippen LogP contribution in [0.1, 0.15) is 49.5 Å². The van der Waals surface area contributed by atoms with Gasteiger partial charge < -0.3 is 29.7 Å². The highest BCUT2D eigenvalue weighted by Gasteiger charge is 2.58. The molecule has 1 amide bonds. The third kappa shape index (κ3) is 4.54. The van der Waals surface area contributed by atoms with E-state index < -0.39 is 30.1 Å². The summed E-state index contributed by atoms with van der Waals surface area (Å²) in [4.78, 5) is 23.8. The minimum atomic E-state index is -1.33. The minimum absolute atomic E-state index is 0.163. The summed E-state index contributed by atoms with van der Waals surface area (Å²) in [6, 6.07) is 12.2. The largest absolute Gasteiger partial charge is 0.478 e. The summed E-state index contributed by atoms with van der Waals surface area (Å²) < 4.78 is 18.1. The molecule has 2 aliphatic rings. The van der Waals surface area contributed by atoms with Gasteiger partial charge in [0, 0.05) is 18.5 Å². The van der Waals surface area contributed by atoms with Gasteiger partial charge in [-0.15, -0.1) is 0 Å². The van der Waals surface area contributed by atoms with Crippen molar-refractivity contribution in [2.24, 2.45) is 5.41 Å². The van der Waals surface area contributed by atoms with E-state index in [1.165, 1.54) is 0 Å². The lowest BCUT2D eigenvalue weighted by Crippen LogP contribution is -2.64. The van der Waals surface area contributed by atoms with Crippen LogP contribution in [0.15, 0.2) is 42.5 Å². The van der Waals surface area contributed by atoms with E-state index in [9.17, 15) is 19.8 Å². The number of hydrogen-bond donors (Lipinski definition) is 3. The third-order valence-electron chi connectivity index (χ3n) is 6.11. The number of ether oxygens (including phenoxy) is 3. The number of aliphatic hydroxyl groups excluding tert-OH is 1. The van der Waals surface area contributed by atoms with Gasteiger partial charge in [0.25, 0.3) is 5.79 Å². The van der Waals surface area contributed by atoms with Crippen molar-refractivity contribution < 1.29 is 34.0 Å². The first-order chi connectivity index (χ1) is 15.6. The molecule has 8 nitrogen and oxygen atoms in total. The molecule has 3 N–H and O–H groups in total. The lowest BCUT2D eigenvalue weighted by atomic mass is 9.71. The number of carboxylic acids is 1. The number of aliphatic hydroxyl groups is 1. The van der Waals surface area contributed by atoms with Crippen molar-refractivity contribution in [3.63, 3.8) is 0 Å². The van der Waals surface area contributed by atoms with Gasteiger partial charge in [-0.3, -0.25) is 0 Å². The molecule has 1 aliphatic heterocycles. The topological polar surface area (TPSA) is 114 Å². The second-order valence-corrected chi connectivity index (χ2v) is 9.34. The molecule has 8 heteroatoms. The van der Waals surface area contributed by atoms with E-state index in [0.717, 1.165) is 11.1 Å². The van der Waals surface area contributed by atoms with Crippen LogP contribution in [0.3, 0.4) is 0 Å². The zero-order chi connectivity index (χ0) is 23.8. The average molecular weight is 456 g/mol. The number of alkyl carbamates (subject to hydrolysis) is 1. The number of aromatic carboxylic acids is 1. The van der Waals surface area contributed by atoms with Crippen molar-refractivity contribution in [2.45, 2.75) is 58.2 Å². The van der Waals surface area contributed by atoms with Crippen molar-refractivity contribution in [1.29, 1.82) is 0 Å². The summed E-state index contributed by atoms with van der Waals surface area (Å²) in [7, 11) is 0. The molecule has 0 radical (unpaired) electrons. The Hall–Kier alpha value is -3.10. The number of carbonyl (C=O) groups excluding carboxylic acids is 1. The summed E-state index contributed by atoms with van der Waals surface area (Å²) in [5.41, 5.74) is 1.97. The predicted molar refractivity (Wildman–Crippen MR) is 120 cm³/mol. The van der Waals surface area contributed by atoms with Crippen LogP contribution in [-0.4, -0.2) is 46.8 Å². The Morgan fingerprint density at radius 3 is 2.70 bits per heavy atom. The molecular formula is C25H29NO7. The summed E-state index contributed by atoms with van der Waals surface area (Å²) in [5.74, 6) is -1.79. The van der Waals surface area contributed by atoms with Crippen molar-refractivity contribution in [3.8, 4) is 16.9 Å². The first-order valence-corrected chi connectivity index (χ1v) is 11.1. The maximum Gasteiger partial charge on any atom is 0.407 e. The number of rotatable bonds is 4. The summed E-state index contributed by atoms with van der Waals surface area (Å²) >= 11 is 0. The second-order valence-electron chi connectivity index (χ2n) is 9.34. The summed E-state index contributed by atoms with van der Waals surface area (Å²) in [6.45, 7) is 6.35. The van der Waals surface area contributed by atoms with Gasteiger partial charge in [-0.25, -0.2) is 9.59 Å². The number of amides is 1. The lowest BCUT2D eigenvalue weighted by Gasteiger charge is -2.51. The molecule has 1 aliphatic carbocycles. The van der Waals surface area contributed by atoms with E-state index in [1.807, 2.05) is 19.9 Å². The van der Waals surface area contributed by atoms with Gasteiger partial charge in [-0.1, -0.05) is 38.1 Å². The SMILES string of the molecule is CCNC(=O)O[C@H]1[C@@H](O)CC(C)(C)C[C@@]12OCc1cc(-c3ccccc3C(=O)O)ccc1O2. The van der Waals surface area contributed by atoms with Crippen LogP contribution in [-0.2, 0) is 16.1 Å². The number of hydrogen-bond acceptors (Lipinski definition) is 6. The van der Waals surface area contributed by atoms with Crippen molar-refractivity contribution in [1.82, 2.24) is 5.32 Å². The van der Waals surface area contributed by atoms with Gasteiger partial charge in [0.15, 0.2) is 6.10 Å². The molecule has 1 spiro atoms. The fourth-order valence-corrected chi connectivity index (χ4v) is 4.80. The molecule has 2 aromatic carbocycles. The maximum atomic E-state index is 12.2. The Bertz CT molecular complexity index is 1070. The van der Waals surface area contributed by atoms with E-state index in [2.05, 4.69) is 5.32 Å². The van der Waals surface area contributed by atoms with Gasteiger partial charge in [-0.2, -0.15) is 0 Å². The van der Waals surface area contributed by atoms with Gasteiger partial charge in [0.05, 0.1) is 18.3 Å². The van der Waals surface area contributed by atoms with E-state index in [0.29, 0.717) is 30.7 Å². The van der Waals surface area contributed by atoms with Crippen LogP contribution in [0.2, 0.25) is 0 Å². The van der Waals surface area contributed by atoms with E-state index in [-0.39, 0.29) is 17.6 Å². The molecule has 1 saturated carbocycles. The van der Waals surface area contributed by atoms with E-state index in [4.69, 9.17) is 14.2 Å². The maximum absolute atomic E-state index is 12.2. The van der Waals surface area contributed by atoms with Crippen LogP contribution in [0.25, 0.3) is 11.1 Å². The highest BCUT2D eigenvalue weighted by Crippen LogP contribution is 2.48. The molecule has 3 atom stereocenters. The van der Waals surface area contributed by atoms with E-state index >= 15 is 0 Å². The summed E-state index contributed by atoms with van der Waals surface area (Å²) in [5, 5.41) is 23.0. The molecule has 0 unspecified atom stereocenters. The van der Waals surface area contributed by atoms with Crippen LogP contribution >= 0.6 is 0 Å². The van der Waals surface area contributed by atoms with Crippen LogP contribution in [0.5, 0.6) is 5.75 Å². The third-order valence-corrected chi connectivity index (χ3v) is 6.11. The zero-order valence-corrected chi connectivity index (χ0v) is 19.0. The molecular weight excluding hydrogens is 426 g/mol. The van der Waals surface area contributed by atoms with Crippen LogP contribution in [0, 0.1) is 5.41 Å². The number of fused-ring (bicyclic) bond motifs is 1. The van der Waals surface area contributed by atoms with Gasteiger partial charge in [0.1, 0.15) is 5.75 Å². The number of benzene rings is 2. The molecule has 2 aromatic rings. The first kappa shape index (κ1) is 23.1. The standard InChI is InChI=1S/C25H29NO7/c1-4-26-23(30)32-21-19(27)12-24(2,3)14-25(21)31-13-16-11-15(9-10-20(16)33-25)17-7-5-6-8-18(17)22(28)29/h5-11,19,21,27H,4,12-14H2,1-3H3,(H,26,30)(H,28,29)/t19-,21-,25-/m0/s1. The van der Waals surface area contributed by atoms with Gasteiger partial charge in [0.2, 0.25) is 0 Å². The predicted octanol–water partition coefficient (Wildman–Crippen LogP) is 3.95. The van der Waals surface area contributed by atoms with Crippen molar-refractivity contribution in [2.75, 3.05) is 6.54 Å². The minimum Gasteiger partial charge on any atom is -0.478 e. The van der Waals surface area contributed by atoms with Crippen LogP contribution < -0.4 is 10.1 Å². The summed E-state index contributed by atoms with van der Waals surface area (Å²) in [6.07, 6.45) is -1.75. The molecule has 33 heavy (non-hydrogen) atoms. The molecule has 1 heterocycles. The number of carboxylic acid groups (broad SMARTS) is 1. The Morgan fingerprint density at radius 2 is 1.97 bits per heavy atom. The normalized spacial score (nSPS) is 25.6. The Balaban J connectivity index is 1.67. The number of carbonyl (C=O) groups is 2. The van der Waals surface area contributed by atoms with Crippen molar-refractivity contribution >= 4 is 12.1 Å². The van der Waals surface area contributed by atoms with Gasteiger partial charge >= 0.3 is 12.1 Å². The molecule has 4 rings (SSSR count). The molecule has 0 bridgehead atoms. The van der Waals surface area contributed by atoms with Crippen molar-refractivity contribution in [3.05, 3.63) is 53.6 Å². The first-order valence-electron chi connectivity index (χ1n) is 11.1.